The second-order valence-electron chi connectivity index (χ2n) is 25.5. The number of imidazole rings is 1. The Morgan fingerprint density at radius 1 is 0.404 bits per heavy atom. The Morgan fingerprint density at radius 3 is 1.55 bits per heavy atom. The lowest BCUT2D eigenvalue weighted by Crippen LogP contribution is -2.76. The smallest absolute Gasteiger partial charge is 0.269 e. The Bertz CT molecular complexity index is 7280. The molecule has 0 fully saturated rings. The molecule has 16 aromatic rings. The maximum Gasteiger partial charge on any atom is 0.269 e. The minimum absolute atomic E-state index is 0.0767. The van der Waals surface area contributed by atoms with Crippen LogP contribution in [0.2, 0.25) is 0 Å². The fraction of sp³-hybridized carbons (Fsp3) is 0.0870. The largest absolute Gasteiger partial charge is 0.458 e. The molecule has 0 aliphatic carbocycles. The van der Waals surface area contributed by atoms with E-state index in [4.69, 9.17) is 17.9 Å². The number of ether oxygens (including phenoxy) is 1. The number of benzene rings is 13. The molecule has 0 amide bonds. The lowest BCUT2D eigenvalue weighted by Gasteiger charge is -2.37. The summed E-state index contributed by atoms with van der Waals surface area (Å²) in [6, 6.07) is 0.507. The Labute approximate surface area is 630 Å². The molecule has 13 aromatic carbocycles. The average Bonchev–Trinajstić information content (AvgIpc) is 1.64. The summed E-state index contributed by atoms with van der Waals surface area (Å²) < 4.78 is 341. The van der Waals surface area contributed by atoms with Crippen molar-refractivity contribution in [1.29, 1.82) is 0 Å². The van der Waals surface area contributed by atoms with Crippen LogP contribution in [0.3, 0.4) is 0 Å². The maximum absolute atomic E-state index is 11.0. The summed E-state index contributed by atoms with van der Waals surface area (Å²) in [6.45, 7) is 12.0. The molecule has 0 unspecified atom stereocenters. The molecular weight excluding hydrogens is 1230 g/mol. The van der Waals surface area contributed by atoms with Crippen LogP contribution < -0.4 is 50.8 Å². The zero-order valence-corrected chi connectivity index (χ0v) is 56.1. The highest BCUT2D eigenvalue weighted by molar-refractivity contribution is 7.20. The Morgan fingerprint density at radius 2 is 0.939 bits per heavy atom. The number of aromatic nitrogens is 4. The minimum atomic E-state index is -6.49. The van der Waals surface area contributed by atoms with Crippen LogP contribution in [0.5, 0.6) is 11.5 Å². The van der Waals surface area contributed by atoms with Crippen molar-refractivity contribution < 1.29 is 55.9 Å². The second kappa shape index (κ2) is 25.5. The van der Waals surface area contributed by atoms with Crippen molar-refractivity contribution in [3.63, 3.8) is 0 Å². The van der Waals surface area contributed by atoms with Crippen molar-refractivity contribution in [1.82, 2.24) is 14.1 Å². The van der Waals surface area contributed by atoms with E-state index in [0.717, 1.165) is 21.9 Å². The van der Waals surface area contributed by atoms with Gasteiger partial charge in [-0.05, 0) is 140 Å². The fourth-order valence-corrected chi connectivity index (χ4v) is 20.6. The van der Waals surface area contributed by atoms with Gasteiger partial charge in [0.2, 0.25) is 0 Å². The normalized spacial score (nSPS) is 16.9. The summed E-state index contributed by atoms with van der Waals surface area (Å²) >= 11 is 0. The van der Waals surface area contributed by atoms with E-state index < -0.39 is 269 Å². The number of hydrogen-bond acceptors (Lipinski definition) is 2. The van der Waals surface area contributed by atoms with Crippen molar-refractivity contribution in [2.24, 2.45) is 0 Å². The SMILES string of the molecule is [2H]c1c([2H])c([2H])c([Si](c2cccc(-c3cccc(C(C)(C)C)c3)c2-[n+]2[c-]n(-c3cccc(Oc4ccc5c6ccccc6n(-c6cc(C(C)(C)C)ccn6)c5c4)c3)c3cc(-c4c([2H])c([2H])c([2H])c([Si](c5c([2H])c([2H])c([2H])c([2H])c5[2H])(c5c([2H])c([2H])c([2H])c([2H])c5[2H])c5c([2H])c([2H])c([2H])c([2H])c5[2H])c4[2H])ccc32)(c2c([2H])c([2H])c([2H])c([2H])c2[2H])c2c([2H])c([2H])c([2H])c([2H])c2[2H])c([2H])c1[2H]. The number of hydrogen-bond donors (Lipinski definition) is 0. The summed E-state index contributed by atoms with van der Waals surface area (Å²) in [5, 5.41) is -5.65. The van der Waals surface area contributed by atoms with E-state index in [2.05, 4.69) is 27.1 Å². The van der Waals surface area contributed by atoms with Crippen molar-refractivity contribution in [3.8, 4) is 50.9 Å². The molecule has 0 atom stereocenters. The molecule has 0 bridgehead atoms. The molecule has 7 heteroatoms. The highest BCUT2D eigenvalue weighted by Crippen LogP contribution is 2.38. The molecule has 0 aliphatic rings. The van der Waals surface area contributed by atoms with Gasteiger partial charge in [0.1, 0.15) is 17.3 Å². The van der Waals surface area contributed by atoms with Gasteiger partial charge < -0.3 is 4.74 Å². The third kappa shape index (κ3) is 11.1. The summed E-state index contributed by atoms with van der Waals surface area (Å²) in [7, 11) is -12.7. The second-order valence-corrected chi connectivity index (χ2v) is 32.6. The van der Waals surface area contributed by atoms with Crippen LogP contribution >= 0.6 is 0 Å². The third-order valence-electron chi connectivity index (χ3n) is 17.7. The fourth-order valence-electron chi connectivity index (χ4n) is 13.0. The van der Waals surface area contributed by atoms with E-state index in [1.165, 1.54) is 39.5 Å². The molecular formula is C92H76N4OSi2. The van der Waals surface area contributed by atoms with E-state index >= 15 is 0 Å². The van der Waals surface area contributed by atoms with Gasteiger partial charge in [0.05, 0.1) is 80.0 Å². The van der Waals surface area contributed by atoms with Gasteiger partial charge in [-0.2, -0.15) is 0 Å². The zero-order chi connectivity index (χ0) is 96.9. The third-order valence-corrected chi connectivity index (χ3v) is 25.9. The molecule has 16 rings (SSSR count). The molecule has 5 nitrogen and oxygen atoms in total. The highest BCUT2D eigenvalue weighted by atomic mass is 28.3. The molecule has 3 aromatic heterocycles. The maximum atomic E-state index is 11.0. The van der Waals surface area contributed by atoms with E-state index in [1.807, 2.05) is 79.9 Å². The first kappa shape index (κ1) is 35.1. The molecule has 3 heterocycles. The van der Waals surface area contributed by atoms with E-state index in [1.54, 1.807) is 60.8 Å². The average molecular weight is 1340 g/mol. The first-order chi connectivity index (χ1) is 62.4. The van der Waals surface area contributed by atoms with Gasteiger partial charge in [0.25, 0.3) is 6.33 Å². The molecule has 0 radical (unpaired) electrons. The summed E-state index contributed by atoms with van der Waals surface area (Å²) in [5.74, 6) is 0.998. The Hall–Kier alpha value is -11.5. The number of rotatable bonds is 15. The number of fused-ring (bicyclic) bond motifs is 4. The molecule has 0 N–H and O–H groups in total. The summed E-state index contributed by atoms with van der Waals surface area (Å²) in [6.07, 6.45) is 5.21. The van der Waals surface area contributed by atoms with Gasteiger partial charge in [-0.25, -0.2) is 4.98 Å². The van der Waals surface area contributed by atoms with Crippen LogP contribution in [0, 0.1) is 6.33 Å². The van der Waals surface area contributed by atoms with Gasteiger partial charge in [-0.15, -0.1) is 0 Å². The van der Waals surface area contributed by atoms with Crippen LogP contribution in [0.25, 0.3) is 72.3 Å². The molecule has 478 valence electrons. The van der Waals surface area contributed by atoms with Gasteiger partial charge in [-0.1, -0.05) is 326 Å². The van der Waals surface area contributed by atoms with Crippen molar-refractivity contribution in [2.45, 2.75) is 52.4 Å². The molecule has 0 saturated heterocycles. The van der Waals surface area contributed by atoms with Gasteiger partial charge in [0.15, 0.2) is 16.1 Å². The summed E-state index contributed by atoms with van der Waals surface area (Å²) in [5.41, 5.74) is 1.13. The molecule has 0 spiro atoms. The first-order valence-corrected chi connectivity index (χ1v) is 35.5. The molecule has 0 aliphatic heterocycles. The van der Waals surface area contributed by atoms with E-state index in [0.29, 0.717) is 22.5 Å². The van der Waals surface area contributed by atoms with Crippen LogP contribution in [0.4, 0.5) is 0 Å². The summed E-state index contributed by atoms with van der Waals surface area (Å²) in [4.78, 5) is 4.86. The highest BCUT2D eigenvalue weighted by Gasteiger charge is 2.45. The topological polar surface area (TPSA) is 35.9 Å². The molecule has 99 heavy (non-hydrogen) atoms. The minimum Gasteiger partial charge on any atom is -0.458 e. The lowest BCUT2D eigenvalue weighted by molar-refractivity contribution is -0.570. The predicted molar refractivity (Wildman–Crippen MR) is 418 cm³/mol. The number of para-hydroxylation sites is 2. The van der Waals surface area contributed by atoms with Gasteiger partial charge in [-0.3, -0.25) is 13.7 Å². The zero-order valence-electron chi connectivity index (χ0n) is 88.1. The number of pyridine rings is 1. The standard InChI is InChI=1S/C92H76N4OSi2/c1-91(2,3)69-33-27-32-68(59-69)81-50-30-52-88(99(77-42-19-10-20-43-77,78-44-21-11-22-45-78)79-46-23-12-24-47-79)90(81)95-65-94(71-34-29-35-72(63-71)97-73-54-55-83-82-49-25-26-51-84(82)96(86(83)64-73)89-62-70(57-58-93-89)92(4,5)6)87-61-67(53-56-85(87)95)66-31-28-48-80(60-66)98(74-36-13-7-14-37-74,75-38-15-8-16-39-75)76-40-17-9-18-41-76/h7-64H,1-6H3/i7D,8D,9D,10D,11D,12D,13D,14D,15D,16D,17D,18D,19D,20D,21D,22D,23D,24D,28D,31D,36D,37D,38D,39D,40D,41D,42D,43D,44D,45D,46D,47D,48D,60D. The van der Waals surface area contributed by atoms with Crippen LogP contribution in [0.15, 0.2) is 351 Å². The lowest BCUT2D eigenvalue weighted by atomic mass is 9.85. The Balaban J connectivity index is 1.11. The van der Waals surface area contributed by atoms with Gasteiger partial charge in [0, 0.05) is 23.0 Å². The van der Waals surface area contributed by atoms with E-state index in [-0.39, 0.29) is 55.6 Å². The predicted octanol–water partition coefficient (Wildman–Crippen LogP) is 16.7. The van der Waals surface area contributed by atoms with Crippen molar-refractivity contribution in [3.05, 3.63) is 369 Å². The molecule has 0 saturated carbocycles. The van der Waals surface area contributed by atoms with E-state index in [9.17, 15) is 38.4 Å². The van der Waals surface area contributed by atoms with Crippen molar-refractivity contribution >= 4 is 90.5 Å². The van der Waals surface area contributed by atoms with Crippen LogP contribution in [0.1, 0.15) is 99.3 Å². The quantitative estimate of drug-likeness (QED) is 0.0444. The van der Waals surface area contributed by atoms with Crippen molar-refractivity contribution in [2.75, 3.05) is 0 Å². The Kier molecular flexibility index (Phi) is 9.05. The van der Waals surface area contributed by atoms with Crippen LogP contribution in [-0.2, 0) is 10.8 Å². The van der Waals surface area contributed by atoms with Gasteiger partial charge >= 0.3 is 0 Å². The first-order valence-electron chi connectivity index (χ1n) is 48.5. The number of nitrogens with zero attached hydrogens (tertiary/aromatic N) is 4. The van der Waals surface area contributed by atoms with Crippen LogP contribution in [-0.4, -0.2) is 30.3 Å². The monoisotopic (exact) mass is 1340 g/mol.